The molecule has 40 heavy (non-hydrogen) atoms. The number of rotatable bonds is 5. The molecular weight excluding hydrogens is 528 g/mol. The minimum atomic E-state index is -2.73. The van der Waals surface area contributed by atoms with E-state index in [-0.39, 0.29) is 12.8 Å². The highest BCUT2D eigenvalue weighted by Gasteiger charge is 2.74. The van der Waals surface area contributed by atoms with Crippen LogP contribution in [0.2, 0.25) is 0 Å². The van der Waals surface area contributed by atoms with Gasteiger partial charge in [-0.25, -0.2) is 4.79 Å². The molecule has 0 radical (unpaired) electrons. The summed E-state index contributed by atoms with van der Waals surface area (Å²) in [6, 6.07) is 0. The predicted molar refractivity (Wildman–Crippen MR) is 137 cm³/mol. The minimum Gasteiger partial charge on any atom is -0.461 e. The minimum absolute atomic E-state index is 0.0916. The van der Waals surface area contributed by atoms with E-state index in [0.29, 0.717) is 12.0 Å². The van der Waals surface area contributed by atoms with Gasteiger partial charge in [0.2, 0.25) is 0 Å². The predicted octanol–water partition coefficient (Wildman–Crippen LogP) is 0.623. The first kappa shape index (κ1) is 31.7. The number of carbonyl (C=O) groups is 4. The Labute approximate surface area is 232 Å². The molecule has 1 saturated heterocycles. The lowest BCUT2D eigenvalue weighted by Gasteiger charge is -2.57. The first-order valence-electron chi connectivity index (χ1n) is 13.3. The van der Waals surface area contributed by atoms with Crippen molar-refractivity contribution in [1.29, 1.82) is 0 Å². The molecule has 0 amide bonds. The van der Waals surface area contributed by atoms with E-state index in [1.165, 1.54) is 32.1 Å². The van der Waals surface area contributed by atoms with Crippen LogP contribution >= 0.6 is 0 Å². The Bertz CT molecular complexity index is 1110. The summed E-state index contributed by atoms with van der Waals surface area (Å²) in [6.07, 6.45) is -2.87. The monoisotopic (exact) mass is 568 g/mol. The Morgan fingerprint density at radius 3 is 2.20 bits per heavy atom. The maximum atomic E-state index is 12.9. The highest BCUT2D eigenvalue weighted by molar-refractivity contribution is 5.84. The molecule has 224 valence electrons. The number of fused-ring (bicyclic) bond motifs is 2. The average molecular weight is 569 g/mol. The average Bonchev–Trinajstić information content (AvgIpc) is 2.99. The first-order valence-corrected chi connectivity index (χ1v) is 13.3. The van der Waals surface area contributed by atoms with Gasteiger partial charge in [-0.2, -0.15) is 0 Å². The van der Waals surface area contributed by atoms with Crippen LogP contribution in [-0.4, -0.2) is 91.6 Å². The topological polar surface area (TPSA) is 186 Å². The summed E-state index contributed by atoms with van der Waals surface area (Å²) < 4.78 is 22.5. The summed E-state index contributed by atoms with van der Waals surface area (Å²) in [5.74, 6) is -4.94. The smallest absolute Gasteiger partial charge is 0.341 e. The Morgan fingerprint density at radius 2 is 1.65 bits per heavy atom. The largest absolute Gasteiger partial charge is 0.461 e. The lowest BCUT2D eigenvalue weighted by atomic mass is 9.54. The van der Waals surface area contributed by atoms with E-state index in [2.05, 4.69) is 0 Å². The summed E-state index contributed by atoms with van der Waals surface area (Å²) in [5.41, 5.74) is -8.83. The van der Waals surface area contributed by atoms with Crippen molar-refractivity contribution in [2.45, 2.75) is 115 Å². The zero-order chi connectivity index (χ0) is 30.4. The van der Waals surface area contributed by atoms with Crippen molar-refractivity contribution in [3.05, 3.63) is 23.8 Å². The van der Waals surface area contributed by atoms with Gasteiger partial charge in [0.15, 0.2) is 17.3 Å². The SMILES string of the molecule is CCCC(=O)OC1CC(OC(C)=O)C2(C)C=CC(O)C(C)(O)C2C(OC(C)=O)C2(O)C(C=C1C)OC(=O)C2(C)O. The molecule has 1 fully saturated rings. The molecule has 4 N–H and O–H groups in total. The van der Waals surface area contributed by atoms with Crippen LogP contribution in [0.25, 0.3) is 0 Å². The van der Waals surface area contributed by atoms with Gasteiger partial charge < -0.3 is 39.4 Å². The molecule has 1 heterocycles. The van der Waals surface area contributed by atoms with E-state index < -0.39 is 82.5 Å². The quantitative estimate of drug-likeness (QED) is 0.206. The molecule has 0 aromatic carbocycles. The second-order valence-corrected chi connectivity index (χ2v) is 11.6. The summed E-state index contributed by atoms with van der Waals surface area (Å²) in [6.45, 7) is 9.33. The zero-order valence-corrected chi connectivity index (χ0v) is 23.9. The second-order valence-electron chi connectivity index (χ2n) is 11.6. The van der Waals surface area contributed by atoms with Gasteiger partial charge in [0, 0.05) is 38.0 Å². The fraction of sp³-hybridized carbons (Fsp3) is 0.714. The third kappa shape index (κ3) is 5.17. The molecule has 3 rings (SSSR count). The third-order valence-corrected chi connectivity index (χ3v) is 8.49. The van der Waals surface area contributed by atoms with Crippen LogP contribution in [0.15, 0.2) is 23.8 Å². The second kappa shape index (κ2) is 10.9. The molecule has 10 atom stereocenters. The van der Waals surface area contributed by atoms with Crippen LogP contribution in [0.5, 0.6) is 0 Å². The van der Waals surface area contributed by atoms with Crippen molar-refractivity contribution < 1.29 is 58.6 Å². The number of carbonyl (C=O) groups excluding carboxylic acids is 4. The Morgan fingerprint density at radius 1 is 1.05 bits per heavy atom. The van der Waals surface area contributed by atoms with Crippen LogP contribution in [0.4, 0.5) is 0 Å². The maximum absolute atomic E-state index is 12.9. The Hall–Kier alpha value is -2.80. The van der Waals surface area contributed by atoms with Crippen LogP contribution in [-0.2, 0) is 38.1 Å². The van der Waals surface area contributed by atoms with Gasteiger partial charge >= 0.3 is 23.9 Å². The van der Waals surface area contributed by atoms with Gasteiger partial charge in [0.1, 0.15) is 24.4 Å². The van der Waals surface area contributed by atoms with Crippen molar-refractivity contribution in [3.63, 3.8) is 0 Å². The molecule has 2 aliphatic carbocycles. The van der Waals surface area contributed by atoms with E-state index >= 15 is 0 Å². The van der Waals surface area contributed by atoms with Crippen molar-refractivity contribution >= 4 is 23.9 Å². The van der Waals surface area contributed by atoms with Gasteiger partial charge in [-0.3, -0.25) is 14.4 Å². The fourth-order valence-corrected chi connectivity index (χ4v) is 6.22. The van der Waals surface area contributed by atoms with E-state index in [0.717, 1.165) is 13.8 Å². The normalized spacial score (nSPS) is 43.0. The van der Waals surface area contributed by atoms with E-state index in [9.17, 15) is 39.6 Å². The molecule has 12 heteroatoms. The number of hydrogen-bond acceptors (Lipinski definition) is 12. The van der Waals surface area contributed by atoms with Gasteiger partial charge in [0.25, 0.3) is 0 Å². The number of aliphatic hydroxyl groups excluding tert-OH is 1. The molecule has 10 unspecified atom stereocenters. The molecule has 1 aliphatic heterocycles. The lowest BCUT2D eigenvalue weighted by molar-refractivity contribution is -0.258. The van der Waals surface area contributed by atoms with E-state index in [1.807, 2.05) is 0 Å². The van der Waals surface area contributed by atoms with E-state index in [1.54, 1.807) is 20.8 Å². The molecular formula is C28H40O12. The molecule has 0 aromatic heterocycles. The van der Waals surface area contributed by atoms with Gasteiger partial charge in [-0.15, -0.1) is 0 Å². The summed E-state index contributed by atoms with van der Waals surface area (Å²) >= 11 is 0. The van der Waals surface area contributed by atoms with Crippen molar-refractivity contribution in [2.75, 3.05) is 0 Å². The summed E-state index contributed by atoms with van der Waals surface area (Å²) in [4.78, 5) is 50.3. The standard InChI is InChI=1S/C28H40O12/c1-8-9-21(32)39-17-13-19(37-15(3)29)25(5)11-10-18(31)26(6,34)22(25)23(38-16(4)30)28(36)20(12-14(17)2)40-24(33)27(28,7)35/h10-12,17-20,22-23,31,34-36H,8-9,13H2,1-7H3. The molecule has 12 nitrogen and oxygen atoms in total. The fourth-order valence-electron chi connectivity index (χ4n) is 6.22. The number of ether oxygens (including phenoxy) is 4. The van der Waals surface area contributed by atoms with Crippen LogP contribution < -0.4 is 0 Å². The van der Waals surface area contributed by atoms with E-state index in [4.69, 9.17) is 18.9 Å². The zero-order valence-electron chi connectivity index (χ0n) is 23.9. The number of esters is 4. The number of hydrogen-bond donors (Lipinski definition) is 4. The first-order chi connectivity index (χ1) is 18.3. The van der Waals surface area contributed by atoms with Gasteiger partial charge in [0.05, 0.1) is 5.60 Å². The van der Waals surface area contributed by atoms with Crippen molar-refractivity contribution in [3.8, 4) is 0 Å². The lowest BCUT2D eigenvalue weighted by Crippen LogP contribution is -2.73. The van der Waals surface area contributed by atoms with Gasteiger partial charge in [-0.1, -0.05) is 26.0 Å². The van der Waals surface area contributed by atoms with Crippen LogP contribution in [0.3, 0.4) is 0 Å². The molecule has 0 saturated carbocycles. The Kier molecular flexibility index (Phi) is 8.63. The summed E-state index contributed by atoms with van der Waals surface area (Å²) in [7, 11) is 0. The number of aliphatic hydroxyl groups is 4. The molecule has 0 aromatic rings. The molecule has 0 spiro atoms. The third-order valence-electron chi connectivity index (χ3n) is 8.49. The Balaban J connectivity index is 2.42. The maximum Gasteiger partial charge on any atom is 0.341 e. The molecule has 3 aliphatic rings. The molecule has 0 bridgehead atoms. The summed E-state index contributed by atoms with van der Waals surface area (Å²) in [5, 5.41) is 46.3. The highest BCUT2D eigenvalue weighted by Crippen LogP contribution is 2.55. The van der Waals surface area contributed by atoms with Crippen LogP contribution in [0.1, 0.15) is 67.7 Å². The van der Waals surface area contributed by atoms with Crippen molar-refractivity contribution in [2.24, 2.45) is 11.3 Å². The van der Waals surface area contributed by atoms with Crippen LogP contribution in [0, 0.1) is 11.3 Å². The van der Waals surface area contributed by atoms with Crippen molar-refractivity contribution in [1.82, 2.24) is 0 Å². The van der Waals surface area contributed by atoms with Gasteiger partial charge in [-0.05, 0) is 38.8 Å². The highest BCUT2D eigenvalue weighted by atomic mass is 16.6.